The highest BCUT2D eigenvalue weighted by atomic mass is 35.5. The first kappa shape index (κ1) is 18.2. The number of hydrogen-bond acceptors (Lipinski definition) is 2. The fourth-order valence-electron chi connectivity index (χ4n) is 3.42. The SMILES string of the molecule is O=C1CN(C(=O)c2ccccc2)C(c2ccc(F)cc2)c2ccc(Cl)cc2N1. The Balaban J connectivity index is 1.89. The minimum Gasteiger partial charge on any atom is -0.324 e. The number of fused-ring (bicyclic) bond motifs is 1. The lowest BCUT2D eigenvalue weighted by Crippen LogP contribution is -2.38. The Bertz CT molecular complexity index is 1040. The van der Waals surface area contributed by atoms with Crippen molar-refractivity contribution in [1.82, 2.24) is 4.90 Å². The lowest BCUT2D eigenvalue weighted by molar-refractivity contribution is -0.117. The van der Waals surface area contributed by atoms with Crippen LogP contribution in [0.3, 0.4) is 0 Å². The summed E-state index contributed by atoms with van der Waals surface area (Å²) < 4.78 is 13.5. The van der Waals surface area contributed by atoms with Crippen LogP contribution in [-0.4, -0.2) is 23.3 Å². The van der Waals surface area contributed by atoms with Crippen molar-refractivity contribution < 1.29 is 14.0 Å². The van der Waals surface area contributed by atoms with Gasteiger partial charge >= 0.3 is 0 Å². The Labute approximate surface area is 166 Å². The fourth-order valence-corrected chi connectivity index (χ4v) is 3.59. The van der Waals surface area contributed by atoms with Gasteiger partial charge in [-0.05, 0) is 42.0 Å². The highest BCUT2D eigenvalue weighted by molar-refractivity contribution is 6.31. The lowest BCUT2D eigenvalue weighted by atomic mass is 9.95. The summed E-state index contributed by atoms with van der Waals surface area (Å²) in [6.07, 6.45) is 0. The molecule has 0 saturated heterocycles. The largest absolute Gasteiger partial charge is 0.324 e. The van der Waals surface area contributed by atoms with Crippen molar-refractivity contribution in [1.29, 1.82) is 0 Å². The number of hydrogen-bond donors (Lipinski definition) is 1. The van der Waals surface area contributed by atoms with E-state index in [1.165, 1.54) is 17.0 Å². The Hall–Kier alpha value is -3.18. The van der Waals surface area contributed by atoms with Crippen LogP contribution in [0.15, 0.2) is 72.8 Å². The third-order valence-corrected chi connectivity index (χ3v) is 4.91. The molecule has 0 spiro atoms. The highest BCUT2D eigenvalue weighted by Gasteiger charge is 2.34. The van der Waals surface area contributed by atoms with E-state index < -0.39 is 6.04 Å². The van der Waals surface area contributed by atoms with Gasteiger partial charge in [-0.15, -0.1) is 0 Å². The van der Waals surface area contributed by atoms with E-state index in [0.717, 1.165) is 0 Å². The van der Waals surface area contributed by atoms with Gasteiger partial charge in [0.05, 0.1) is 6.04 Å². The number of nitrogens with one attached hydrogen (secondary N) is 1. The van der Waals surface area contributed by atoms with Gasteiger partial charge in [-0.1, -0.05) is 48.0 Å². The van der Waals surface area contributed by atoms with Crippen LogP contribution in [0.1, 0.15) is 27.5 Å². The summed E-state index contributed by atoms with van der Waals surface area (Å²) in [5.41, 5.74) is 2.42. The van der Waals surface area contributed by atoms with Gasteiger partial charge in [0.15, 0.2) is 0 Å². The van der Waals surface area contributed by atoms with Crippen LogP contribution in [-0.2, 0) is 4.79 Å². The molecule has 28 heavy (non-hydrogen) atoms. The quantitative estimate of drug-likeness (QED) is 0.687. The summed E-state index contributed by atoms with van der Waals surface area (Å²) in [6, 6.07) is 19.3. The Morgan fingerprint density at radius 3 is 2.46 bits per heavy atom. The third kappa shape index (κ3) is 3.49. The summed E-state index contributed by atoms with van der Waals surface area (Å²) in [5.74, 6) is -0.978. The van der Waals surface area contributed by atoms with Crippen LogP contribution in [0, 0.1) is 5.82 Å². The molecule has 1 unspecified atom stereocenters. The van der Waals surface area contributed by atoms with Gasteiger partial charge in [0.2, 0.25) is 5.91 Å². The van der Waals surface area contributed by atoms with Gasteiger partial charge in [-0.3, -0.25) is 9.59 Å². The molecule has 1 N–H and O–H groups in total. The first-order valence-corrected chi connectivity index (χ1v) is 9.11. The molecule has 6 heteroatoms. The number of nitrogens with zero attached hydrogens (tertiary/aromatic N) is 1. The maximum absolute atomic E-state index is 13.5. The highest BCUT2D eigenvalue weighted by Crippen LogP contribution is 2.37. The summed E-state index contributed by atoms with van der Waals surface area (Å²) in [5, 5.41) is 3.29. The van der Waals surface area contributed by atoms with E-state index in [-0.39, 0.29) is 24.2 Å². The van der Waals surface area contributed by atoms with Gasteiger partial charge in [-0.2, -0.15) is 0 Å². The number of halogens is 2. The molecule has 1 aliphatic heterocycles. The maximum atomic E-state index is 13.5. The third-order valence-electron chi connectivity index (χ3n) is 4.68. The monoisotopic (exact) mass is 394 g/mol. The molecule has 0 fully saturated rings. The van der Waals surface area contributed by atoms with Crippen LogP contribution in [0.5, 0.6) is 0 Å². The van der Waals surface area contributed by atoms with Gasteiger partial charge in [0.1, 0.15) is 12.4 Å². The van der Waals surface area contributed by atoms with Crippen LogP contribution in [0.25, 0.3) is 0 Å². The smallest absolute Gasteiger partial charge is 0.255 e. The Kier molecular flexibility index (Phi) is 4.84. The van der Waals surface area contributed by atoms with E-state index in [1.54, 1.807) is 54.6 Å². The number of rotatable bonds is 2. The average molecular weight is 395 g/mol. The molecular formula is C22H16ClFN2O2. The summed E-state index contributed by atoms with van der Waals surface area (Å²) >= 11 is 6.11. The number of carbonyl (C=O) groups excluding carboxylic acids is 2. The van der Waals surface area contributed by atoms with Gasteiger partial charge in [0.25, 0.3) is 5.91 Å². The van der Waals surface area contributed by atoms with Gasteiger partial charge in [-0.25, -0.2) is 4.39 Å². The number of benzene rings is 3. The number of amides is 2. The molecule has 4 rings (SSSR count). The summed E-state index contributed by atoms with van der Waals surface area (Å²) in [4.78, 5) is 27.3. The maximum Gasteiger partial charge on any atom is 0.255 e. The number of carbonyl (C=O) groups is 2. The standard InChI is InChI=1S/C22H16ClFN2O2/c23-16-8-11-18-19(12-16)25-20(27)13-26(22(28)15-4-2-1-3-5-15)21(18)14-6-9-17(24)10-7-14/h1-12,21H,13H2,(H,25,27). The van der Waals surface area contributed by atoms with E-state index in [2.05, 4.69) is 5.32 Å². The van der Waals surface area contributed by atoms with Crippen LogP contribution < -0.4 is 5.32 Å². The topological polar surface area (TPSA) is 49.4 Å². The van der Waals surface area contributed by atoms with Gasteiger partial charge in [0, 0.05) is 21.8 Å². The lowest BCUT2D eigenvalue weighted by Gasteiger charge is -2.30. The molecule has 1 heterocycles. The average Bonchev–Trinajstić information content (AvgIpc) is 2.84. The van der Waals surface area contributed by atoms with E-state index in [0.29, 0.717) is 27.4 Å². The molecule has 0 bridgehead atoms. The van der Waals surface area contributed by atoms with Crippen molar-refractivity contribution in [2.75, 3.05) is 11.9 Å². The first-order chi connectivity index (χ1) is 13.5. The van der Waals surface area contributed by atoms with Crippen LogP contribution in [0.4, 0.5) is 10.1 Å². The van der Waals surface area contributed by atoms with Crippen molar-refractivity contribution >= 4 is 29.1 Å². The molecule has 1 atom stereocenters. The minimum absolute atomic E-state index is 0.137. The van der Waals surface area contributed by atoms with Crippen molar-refractivity contribution in [3.05, 3.63) is 100 Å². The second kappa shape index (κ2) is 7.44. The van der Waals surface area contributed by atoms with Crippen LogP contribution in [0.2, 0.25) is 5.02 Å². The van der Waals surface area contributed by atoms with E-state index in [4.69, 9.17) is 11.6 Å². The molecule has 0 aromatic heterocycles. The normalized spacial score (nSPS) is 16.1. The molecule has 0 aliphatic carbocycles. The van der Waals surface area contributed by atoms with Crippen LogP contribution >= 0.6 is 11.6 Å². The molecule has 0 saturated carbocycles. The van der Waals surface area contributed by atoms with E-state index in [1.807, 2.05) is 6.07 Å². The zero-order valence-electron chi connectivity index (χ0n) is 14.7. The first-order valence-electron chi connectivity index (χ1n) is 8.74. The zero-order chi connectivity index (χ0) is 19.7. The molecular weight excluding hydrogens is 379 g/mol. The predicted octanol–water partition coefficient (Wildman–Crippen LogP) is 4.66. The zero-order valence-corrected chi connectivity index (χ0v) is 15.5. The Morgan fingerprint density at radius 1 is 1.04 bits per heavy atom. The van der Waals surface area contributed by atoms with Crippen molar-refractivity contribution in [2.45, 2.75) is 6.04 Å². The van der Waals surface area contributed by atoms with E-state index in [9.17, 15) is 14.0 Å². The molecule has 4 nitrogen and oxygen atoms in total. The van der Waals surface area contributed by atoms with Crippen molar-refractivity contribution in [2.24, 2.45) is 0 Å². The molecule has 0 radical (unpaired) electrons. The van der Waals surface area contributed by atoms with Crippen molar-refractivity contribution in [3.8, 4) is 0 Å². The number of anilines is 1. The molecule has 2 amide bonds. The summed E-state index contributed by atoms with van der Waals surface area (Å²) in [6.45, 7) is -0.137. The fraction of sp³-hybridized carbons (Fsp3) is 0.0909. The predicted molar refractivity (Wildman–Crippen MR) is 106 cm³/mol. The Morgan fingerprint density at radius 2 is 1.75 bits per heavy atom. The minimum atomic E-state index is -0.570. The molecule has 1 aliphatic rings. The molecule has 140 valence electrons. The summed E-state index contributed by atoms with van der Waals surface area (Å²) in [7, 11) is 0. The molecule has 3 aromatic carbocycles. The molecule has 3 aromatic rings. The van der Waals surface area contributed by atoms with Crippen molar-refractivity contribution in [3.63, 3.8) is 0 Å². The van der Waals surface area contributed by atoms with Gasteiger partial charge < -0.3 is 10.2 Å². The second-order valence-electron chi connectivity index (χ2n) is 6.53. The second-order valence-corrected chi connectivity index (χ2v) is 6.97. The van der Waals surface area contributed by atoms with E-state index >= 15 is 0 Å².